The van der Waals surface area contributed by atoms with Crippen molar-refractivity contribution >= 4 is 10.0 Å². The summed E-state index contributed by atoms with van der Waals surface area (Å²) in [5.41, 5.74) is -0.959. The number of hydrogen-bond acceptors (Lipinski definition) is 4. The van der Waals surface area contributed by atoms with Gasteiger partial charge in [-0.3, -0.25) is 0 Å². The second-order valence-corrected chi connectivity index (χ2v) is 7.37. The molecular formula is C15H11F5N2O3S. The van der Waals surface area contributed by atoms with Gasteiger partial charge in [-0.1, -0.05) is 6.07 Å². The van der Waals surface area contributed by atoms with Crippen LogP contribution in [0, 0.1) is 11.6 Å². The standard InChI is InChI=1S/C15H11F5N2O3S/c16-11-2-1-3-12(17)14(11)26(23,24)22-7-10(8-22)25-13-6-9(4-5-21-13)15(18,19)20/h1-6,10H,7-8H2. The van der Waals surface area contributed by atoms with E-state index in [-0.39, 0.29) is 19.0 Å². The minimum absolute atomic E-state index is 0.270. The molecule has 11 heteroatoms. The largest absolute Gasteiger partial charge is 0.472 e. The van der Waals surface area contributed by atoms with Gasteiger partial charge in [0.05, 0.1) is 18.7 Å². The van der Waals surface area contributed by atoms with E-state index in [1.807, 2.05) is 0 Å². The molecule has 1 aliphatic rings. The Hall–Kier alpha value is -2.27. The highest BCUT2D eigenvalue weighted by molar-refractivity contribution is 7.89. The average molecular weight is 394 g/mol. The number of aromatic nitrogens is 1. The van der Waals surface area contributed by atoms with Crippen molar-refractivity contribution in [2.75, 3.05) is 13.1 Å². The summed E-state index contributed by atoms with van der Waals surface area (Å²) in [5, 5.41) is 0. The number of pyridine rings is 1. The fourth-order valence-corrected chi connectivity index (χ4v) is 3.96. The zero-order valence-electron chi connectivity index (χ0n) is 12.9. The van der Waals surface area contributed by atoms with E-state index in [2.05, 4.69) is 4.98 Å². The van der Waals surface area contributed by atoms with Crippen LogP contribution < -0.4 is 4.74 Å². The molecule has 1 aromatic carbocycles. The Balaban J connectivity index is 1.70. The lowest BCUT2D eigenvalue weighted by molar-refractivity contribution is -0.137. The Morgan fingerprint density at radius 2 is 1.73 bits per heavy atom. The lowest BCUT2D eigenvalue weighted by atomic mass is 10.2. The van der Waals surface area contributed by atoms with Crippen LogP contribution >= 0.6 is 0 Å². The molecule has 1 saturated heterocycles. The van der Waals surface area contributed by atoms with Crippen molar-refractivity contribution in [3.63, 3.8) is 0 Å². The third-order valence-corrected chi connectivity index (χ3v) is 5.56. The van der Waals surface area contributed by atoms with Crippen molar-refractivity contribution in [2.45, 2.75) is 17.2 Å². The smallest absolute Gasteiger partial charge is 0.416 e. The lowest BCUT2D eigenvalue weighted by Crippen LogP contribution is -2.56. The number of alkyl halides is 3. The number of ether oxygens (including phenoxy) is 1. The number of rotatable bonds is 4. The molecule has 0 spiro atoms. The zero-order chi connectivity index (χ0) is 19.1. The van der Waals surface area contributed by atoms with E-state index in [1.54, 1.807) is 0 Å². The van der Waals surface area contributed by atoms with Crippen LogP contribution in [0.4, 0.5) is 22.0 Å². The van der Waals surface area contributed by atoms with Crippen molar-refractivity contribution in [3.05, 3.63) is 53.7 Å². The van der Waals surface area contributed by atoms with Crippen LogP contribution in [0.3, 0.4) is 0 Å². The molecule has 140 valence electrons. The summed E-state index contributed by atoms with van der Waals surface area (Å²) in [5.74, 6) is -2.78. The summed E-state index contributed by atoms with van der Waals surface area (Å²) in [7, 11) is -4.42. The minimum atomic E-state index is -4.57. The van der Waals surface area contributed by atoms with Crippen LogP contribution in [-0.4, -0.2) is 36.9 Å². The molecule has 2 aromatic rings. The number of hydrogen-bond donors (Lipinski definition) is 0. The predicted octanol–water partition coefficient (Wildman–Crippen LogP) is 2.83. The Morgan fingerprint density at radius 1 is 1.12 bits per heavy atom. The molecule has 0 radical (unpaired) electrons. The second-order valence-electron chi connectivity index (χ2n) is 5.49. The second kappa shape index (κ2) is 6.47. The first kappa shape index (κ1) is 18.5. The van der Waals surface area contributed by atoms with E-state index in [9.17, 15) is 30.4 Å². The summed E-state index contributed by atoms with van der Waals surface area (Å²) in [4.78, 5) is 2.56. The normalized spacial score (nSPS) is 16.3. The van der Waals surface area contributed by atoms with Gasteiger partial charge in [-0.05, 0) is 18.2 Å². The minimum Gasteiger partial charge on any atom is -0.472 e. The molecule has 0 aliphatic carbocycles. The van der Waals surface area contributed by atoms with Crippen molar-refractivity contribution in [1.29, 1.82) is 0 Å². The van der Waals surface area contributed by atoms with Gasteiger partial charge in [0.2, 0.25) is 15.9 Å². The van der Waals surface area contributed by atoms with E-state index in [0.29, 0.717) is 6.07 Å². The van der Waals surface area contributed by atoms with Gasteiger partial charge in [-0.25, -0.2) is 22.2 Å². The first-order valence-electron chi connectivity index (χ1n) is 7.23. The third-order valence-electron chi connectivity index (χ3n) is 3.68. The highest BCUT2D eigenvalue weighted by Crippen LogP contribution is 2.32. The van der Waals surface area contributed by atoms with Gasteiger partial charge >= 0.3 is 6.18 Å². The van der Waals surface area contributed by atoms with E-state index >= 15 is 0 Å². The maximum atomic E-state index is 13.7. The molecule has 0 amide bonds. The van der Waals surface area contributed by atoms with Gasteiger partial charge in [0.15, 0.2) is 4.90 Å². The lowest BCUT2D eigenvalue weighted by Gasteiger charge is -2.37. The molecule has 0 atom stereocenters. The van der Waals surface area contributed by atoms with Gasteiger partial charge in [0, 0.05) is 12.3 Å². The highest BCUT2D eigenvalue weighted by atomic mass is 32.2. The van der Waals surface area contributed by atoms with Gasteiger partial charge in [-0.15, -0.1) is 0 Å². The Kier molecular flexibility index (Phi) is 4.61. The Bertz CT molecular complexity index is 907. The molecule has 3 rings (SSSR count). The van der Waals surface area contributed by atoms with Crippen LogP contribution in [-0.2, 0) is 16.2 Å². The van der Waals surface area contributed by atoms with Crippen LogP contribution in [0.15, 0.2) is 41.4 Å². The van der Waals surface area contributed by atoms with Crippen molar-refractivity contribution in [2.24, 2.45) is 0 Å². The maximum Gasteiger partial charge on any atom is 0.416 e. The quantitative estimate of drug-likeness (QED) is 0.749. The van der Waals surface area contributed by atoms with Crippen LogP contribution in [0.5, 0.6) is 5.88 Å². The predicted molar refractivity (Wildman–Crippen MR) is 78.8 cm³/mol. The summed E-state index contributed by atoms with van der Waals surface area (Å²) in [6.07, 6.45) is -4.44. The number of nitrogens with zero attached hydrogens (tertiary/aromatic N) is 2. The number of halogens is 5. The van der Waals surface area contributed by atoms with E-state index in [4.69, 9.17) is 4.74 Å². The van der Waals surface area contributed by atoms with Crippen LogP contribution in [0.1, 0.15) is 5.56 Å². The van der Waals surface area contributed by atoms with E-state index in [0.717, 1.165) is 34.8 Å². The number of benzene rings is 1. The van der Waals surface area contributed by atoms with Crippen molar-refractivity contribution in [3.8, 4) is 5.88 Å². The molecule has 0 unspecified atom stereocenters. The number of sulfonamides is 1. The van der Waals surface area contributed by atoms with Gasteiger partial charge in [0.25, 0.3) is 0 Å². The fraction of sp³-hybridized carbons (Fsp3) is 0.267. The average Bonchev–Trinajstić information content (AvgIpc) is 2.49. The van der Waals surface area contributed by atoms with Gasteiger partial charge in [-0.2, -0.15) is 17.5 Å². The topological polar surface area (TPSA) is 59.5 Å². The first-order valence-corrected chi connectivity index (χ1v) is 8.67. The van der Waals surface area contributed by atoms with Crippen molar-refractivity contribution < 1.29 is 35.1 Å². The molecule has 26 heavy (non-hydrogen) atoms. The molecular weight excluding hydrogens is 383 g/mol. The van der Waals surface area contributed by atoms with Crippen LogP contribution in [0.2, 0.25) is 0 Å². The summed E-state index contributed by atoms with van der Waals surface area (Å²) in [6.45, 7) is -0.540. The fourth-order valence-electron chi connectivity index (χ4n) is 2.35. The first-order chi connectivity index (χ1) is 12.1. The summed E-state index contributed by atoms with van der Waals surface area (Å²) < 4.78 is 95.8. The molecule has 1 fully saturated rings. The SMILES string of the molecule is O=S(=O)(c1c(F)cccc1F)N1CC(Oc2cc(C(F)(F)F)ccn2)C1. The molecule has 0 saturated carbocycles. The highest BCUT2D eigenvalue weighted by Gasteiger charge is 2.41. The maximum absolute atomic E-state index is 13.7. The third kappa shape index (κ3) is 3.49. The molecule has 0 bridgehead atoms. The molecule has 1 aromatic heterocycles. The van der Waals surface area contributed by atoms with Gasteiger partial charge in [0.1, 0.15) is 17.7 Å². The van der Waals surface area contributed by atoms with Crippen LogP contribution in [0.25, 0.3) is 0 Å². The molecule has 1 aliphatic heterocycles. The van der Waals surface area contributed by atoms with Gasteiger partial charge < -0.3 is 4.74 Å². The summed E-state index contributed by atoms with van der Waals surface area (Å²) in [6, 6.07) is 4.12. The van der Waals surface area contributed by atoms with Crippen molar-refractivity contribution in [1.82, 2.24) is 9.29 Å². The zero-order valence-corrected chi connectivity index (χ0v) is 13.7. The monoisotopic (exact) mass is 394 g/mol. The molecule has 5 nitrogen and oxygen atoms in total. The Morgan fingerprint density at radius 3 is 2.31 bits per heavy atom. The van der Waals surface area contributed by atoms with E-state index in [1.165, 1.54) is 0 Å². The van der Waals surface area contributed by atoms with E-state index < -0.39 is 44.4 Å². The molecule has 2 heterocycles. The molecule has 0 N–H and O–H groups in total. The summed E-state index contributed by atoms with van der Waals surface area (Å²) >= 11 is 0. The Labute approximate surface area is 145 Å².